The molecule has 1 aliphatic heterocycles. The highest BCUT2D eigenvalue weighted by molar-refractivity contribution is 5.74. The Bertz CT molecular complexity index is 536. The fraction of sp³-hybridized carbons (Fsp3) is 0.611. The fourth-order valence-electron chi connectivity index (χ4n) is 2.99. The van der Waals surface area contributed by atoms with E-state index in [-0.39, 0.29) is 12.1 Å². The zero-order chi connectivity index (χ0) is 16.9. The topological polar surface area (TPSA) is 56.8 Å². The predicted molar refractivity (Wildman–Crippen MR) is 95.5 cm³/mol. The van der Waals surface area contributed by atoms with Gasteiger partial charge in [0.2, 0.25) is 0 Å². The van der Waals surface area contributed by atoms with E-state index in [0.29, 0.717) is 12.6 Å². The summed E-state index contributed by atoms with van der Waals surface area (Å²) in [7, 11) is 4.08. The molecule has 24 heavy (non-hydrogen) atoms. The van der Waals surface area contributed by atoms with Crippen molar-refractivity contribution in [3.05, 3.63) is 29.8 Å². The average Bonchev–Trinajstić information content (AvgIpc) is 3.40. The molecule has 1 aromatic rings. The van der Waals surface area contributed by atoms with E-state index in [1.807, 2.05) is 14.1 Å². The van der Waals surface area contributed by atoms with Crippen LogP contribution in [0.25, 0.3) is 0 Å². The highest BCUT2D eigenvalue weighted by atomic mass is 16.5. The van der Waals surface area contributed by atoms with Gasteiger partial charge in [-0.3, -0.25) is 4.90 Å². The lowest BCUT2D eigenvalue weighted by atomic mass is 10.0. The summed E-state index contributed by atoms with van der Waals surface area (Å²) in [6.45, 7) is 3.90. The Balaban J connectivity index is 1.66. The van der Waals surface area contributed by atoms with E-state index in [4.69, 9.17) is 4.74 Å². The van der Waals surface area contributed by atoms with Gasteiger partial charge in [0.1, 0.15) is 0 Å². The molecule has 1 saturated carbocycles. The molecule has 1 heterocycles. The monoisotopic (exact) mass is 332 g/mol. The van der Waals surface area contributed by atoms with Crippen molar-refractivity contribution in [3.8, 4) is 0 Å². The first-order valence-electron chi connectivity index (χ1n) is 8.77. The van der Waals surface area contributed by atoms with Crippen LogP contribution < -0.4 is 15.5 Å². The van der Waals surface area contributed by atoms with Crippen molar-refractivity contribution in [2.24, 2.45) is 0 Å². The van der Waals surface area contributed by atoms with Crippen LogP contribution in [0.5, 0.6) is 0 Å². The summed E-state index contributed by atoms with van der Waals surface area (Å²) in [5, 5.41) is 6.03. The van der Waals surface area contributed by atoms with Gasteiger partial charge in [-0.1, -0.05) is 12.1 Å². The van der Waals surface area contributed by atoms with Crippen LogP contribution in [0.2, 0.25) is 0 Å². The first kappa shape index (κ1) is 17.0. The Kier molecular flexibility index (Phi) is 5.58. The Morgan fingerprint density at radius 3 is 2.50 bits per heavy atom. The Hall–Kier alpha value is -1.79. The van der Waals surface area contributed by atoms with Gasteiger partial charge in [-0.05, 0) is 30.5 Å². The first-order chi connectivity index (χ1) is 11.6. The predicted octanol–water partition coefficient (Wildman–Crippen LogP) is 1.59. The largest absolute Gasteiger partial charge is 0.379 e. The van der Waals surface area contributed by atoms with Gasteiger partial charge in [-0.15, -0.1) is 0 Å². The molecule has 6 nitrogen and oxygen atoms in total. The minimum absolute atomic E-state index is 0.0549. The number of morpholine rings is 1. The van der Waals surface area contributed by atoms with E-state index in [0.717, 1.165) is 39.1 Å². The maximum atomic E-state index is 12.0. The lowest BCUT2D eigenvalue weighted by Crippen LogP contribution is -2.46. The van der Waals surface area contributed by atoms with Gasteiger partial charge >= 0.3 is 6.03 Å². The van der Waals surface area contributed by atoms with Crippen molar-refractivity contribution in [2.45, 2.75) is 24.9 Å². The van der Waals surface area contributed by atoms with Crippen molar-refractivity contribution in [1.29, 1.82) is 0 Å². The van der Waals surface area contributed by atoms with E-state index in [9.17, 15) is 4.79 Å². The second kappa shape index (κ2) is 7.85. The van der Waals surface area contributed by atoms with E-state index < -0.39 is 0 Å². The highest BCUT2D eigenvalue weighted by Gasteiger charge is 2.26. The molecule has 0 spiro atoms. The minimum atomic E-state index is -0.0549. The SMILES string of the molecule is CN(C)c1ccc(C(CNC(=O)NC2CC2)N2CCOCC2)cc1. The number of hydrogen-bond acceptors (Lipinski definition) is 4. The summed E-state index contributed by atoms with van der Waals surface area (Å²) in [6.07, 6.45) is 2.21. The van der Waals surface area contributed by atoms with Gasteiger partial charge in [0.05, 0.1) is 19.3 Å². The smallest absolute Gasteiger partial charge is 0.315 e. The van der Waals surface area contributed by atoms with E-state index in [1.165, 1.54) is 11.3 Å². The average molecular weight is 332 g/mol. The van der Waals surface area contributed by atoms with Crippen LogP contribution in [-0.4, -0.2) is 63.9 Å². The molecule has 2 amide bonds. The highest BCUT2D eigenvalue weighted by Crippen LogP contribution is 2.24. The summed E-state index contributed by atoms with van der Waals surface area (Å²) in [5.74, 6) is 0. The van der Waals surface area contributed by atoms with Crippen LogP contribution in [0.3, 0.4) is 0 Å². The number of rotatable bonds is 6. The zero-order valence-electron chi connectivity index (χ0n) is 14.6. The van der Waals surface area contributed by atoms with Crippen molar-refractivity contribution in [2.75, 3.05) is 51.8 Å². The van der Waals surface area contributed by atoms with E-state index in [1.54, 1.807) is 0 Å². The quantitative estimate of drug-likeness (QED) is 0.831. The Labute approximate surface area is 144 Å². The van der Waals surface area contributed by atoms with Gasteiger partial charge in [0.15, 0.2) is 0 Å². The van der Waals surface area contributed by atoms with Gasteiger partial charge in [-0.25, -0.2) is 4.79 Å². The summed E-state index contributed by atoms with van der Waals surface area (Å²) in [6, 6.07) is 9.09. The van der Waals surface area contributed by atoms with Crippen LogP contribution in [-0.2, 0) is 4.74 Å². The molecule has 3 rings (SSSR count). The number of urea groups is 1. The summed E-state index contributed by atoms with van der Waals surface area (Å²) in [4.78, 5) is 16.5. The van der Waals surface area contributed by atoms with Crippen LogP contribution in [0.15, 0.2) is 24.3 Å². The summed E-state index contributed by atoms with van der Waals surface area (Å²) >= 11 is 0. The number of carbonyl (C=O) groups is 1. The molecule has 132 valence electrons. The molecule has 0 bridgehead atoms. The summed E-state index contributed by atoms with van der Waals surface area (Å²) < 4.78 is 5.47. The maximum absolute atomic E-state index is 12.0. The second-order valence-corrected chi connectivity index (χ2v) is 6.78. The van der Waals surface area contributed by atoms with E-state index >= 15 is 0 Å². The lowest BCUT2D eigenvalue weighted by molar-refractivity contribution is 0.0167. The molecule has 1 aromatic carbocycles. The van der Waals surface area contributed by atoms with Crippen molar-refractivity contribution in [3.63, 3.8) is 0 Å². The van der Waals surface area contributed by atoms with Gasteiger partial charge in [0.25, 0.3) is 0 Å². The molecule has 0 aromatic heterocycles. The molecule has 1 aliphatic carbocycles. The number of hydrogen-bond donors (Lipinski definition) is 2. The minimum Gasteiger partial charge on any atom is -0.379 e. The third kappa shape index (κ3) is 4.61. The maximum Gasteiger partial charge on any atom is 0.315 e. The first-order valence-corrected chi connectivity index (χ1v) is 8.77. The third-order valence-corrected chi connectivity index (χ3v) is 4.65. The van der Waals surface area contributed by atoms with Crippen LogP contribution in [0.1, 0.15) is 24.4 Å². The van der Waals surface area contributed by atoms with Crippen LogP contribution in [0.4, 0.5) is 10.5 Å². The molecule has 1 saturated heterocycles. The van der Waals surface area contributed by atoms with Crippen LogP contribution in [0, 0.1) is 0 Å². The van der Waals surface area contributed by atoms with Crippen LogP contribution >= 0.6 is 0 Å². The summed E-state index contributed by atoms with van der Waals surface area (Å²) in [5.41, 5.74) is 2.41. The normalized spacial score (nSPS) is 19.6. The Morgan fingerprint density at radius 1 is 1.25 bits per heavy atom. The Morgan fingerprint density at radius 2 is 1.92 bits per heavy atom. The molecule has 2 N–H and O–H groups in total. The molecular formula is C18H28N4O2. The number of benzene rings is 1. The van der Waals surface area contributed by atoms with Crippen molar-refractivity contribution in [1.82, 2.24) is 15.5 Å². The number of nitrogens with zero attached hydrogens (tertiary/aromatic N) is 2. The second-order valence-electron chi connectivity index (χ2n) is 6.78. The van der Waals surface area contributed by atoms with Crippen molar-refractivity contribution < 1.29 is 9.53 Å². The number of ether oxygens (including phenoxy) is 1. The van der Waals surface area contributed by atoms with Gasteiger partial charge in [-0.2, -0.15) is 0 Å². The molecule has 0 radical (unpaired) electrons. The van der Waals surface area contributed by atoms with Gasteiger partial charge in [0, 0.05) is 45.5 Å². The number of anilines is 1. The number of carbonyl (C=O) groups excluding carboxylic acids is 1. The zero-order valence-corrected chi connectivity index (χ0v) is 14.6. The molecule has 6 heteroatoms. The lowest BCUT2D eigenvalue weighted by Gasteiger charge is -2.35. The molecular weight excluding hydrogens is 304 g/mol. The molecule has 1 unspecified atom stereocenters. The van der Waals surface area contributed by atoms with E-state index in [2.05, 4.69) is 44.7 Å². The van der Waals surface area contributed by atoms with Gasteiger partial charge < -0.3 is 20.3 Å². The molecule has 2 fully saturated rings. The number of nitrogens with one attached hydrogen (secondary N) is 2. The molecule has 1 atom stereocenters. The molecule has 2 aliphatic rings. The fourth-order valence-corrected chi connectivity index (χ4v) is 2.99. The number of amides is 2. The standard InChI is InChI=1S/C18H28N4O2/c1-21(2)16-7-3-14(4-8-16)17(22-9-11-24-12-10-22)13-19-18(23)20-15-5-6-15/h3-4,7-8,15,17H,5-6,9-13H2,1-2H3,(H2,19,20,23). The third-order valence-electron chi connectivity index (χ3n) is 4.65. The van der Waals surface area contributed by atoms with Crippen molar-refractivity contribution >= 4 is 11.7 Å².